The SMILES string of the molecule is C/C=C/CCN=C(NCC)NC1CCN(CC(N)=O)CC1.I. The Morgan fingerprint density at radius 1 is 1.41 bits per heavy atom. The van der Waals surface area contributed by atoms with E-state index in [0.717, 1.165) is 51.4 Å². The fraction of sp³-hybridized carbons (Fsp3) is 0.733. The molecule has 0 aromatic carbocycles. The van der Waals surface area contributed by atoms with Crippen LogP contribution in [0.3, 0.4) is 0 Å². The third-order valence-electron chi connectivity index (χ3n) is 3.45. The van der Waals surface area contributed by atoms with Gasteiger partial charge in [0.2, 0.25) is 5.91 Å². The summed E-state index contributed by atoms with van der Waals surface area (Å²) in [5, 5.41) is 6.76. The number of halogens is 1. The quantitative estimate of drug-likeness (QED) is 0.188. The van der Waals surface area contributed by atoms with Crippen LogP contribution in [0, 0.1) is 0 Å². The number of piperidine rings is 1. The largest absolute Gasteiger partial charge is 0.369 e. The van der Waals surface area contributed by atoms with E-state index in [1.807, 2.05) is 13.0 Å². The van der Waals surface area contributed by atoms with Gasteiger partial charge in [-0.25, -0.2) is 0 Å². The number of rotatable bonds is 7. The number of guanidine groups is 1. The Morgan fingerprint density at radius 2 is 2.09 bits per heavy atom. The van der Waals surface area contributed by atoms with Crippen LogP contribution < -0.4 is 16.4 Å². The fourth-order valence-electron chi connectivity index (χ4n) is 2.39. The van der Waals surface area contributed by atoms with Gasteiger partial charge in [-0.3, -0.25) is 14.7 Å². The van der Waals surface area contributed by atoms with Gasteiger partial charge in [0.05, 0.1) is 6.54 Å². The summed E-state index contributed by atoms with van der Waals surface area (Å²) in [7, 11) is 0. The maximum Gasteiger partial charge on any atom is 0.231 e. The molecule has 0 saturated carbocycles. The predicted octanol–water partition coefficient (Wildman–Crippen LogP) is 1.08. The molecule has 0 bridgehead atoms. The molecule has 7 heteroatoms. The Balaban J connectivity index is 0.00000441. The number of nitrogens with zero attached hydrogens (tertiary/aromatic N) is 2. The Labute approximate surface area is 151 Å². The van der Waals surface area contributed by atoms with E-state index >= 15 is 0 Å². The van der Waals surface area contributed by atoms with Crippen molar-refractivity contribution >= 4 is 35.8 Å². The van der Waals surface area contributed by atoms with Crippen LogP contribution in [-0.4, -0.2) is 55.5 Å². The highest BCUT2D eigenvalue weighted by molar-refractivity contribution is 14.0. The average Bonchev–Trinajstić information content (AvgIpc) is 2.45. The normalized spacial score (nSPS) is 17.3. The van der Waals surface area contributed by atoms with Gasteiger partial charge in [-0.1, -0.05) is 12.2 Å². The van der Waals surface area contributed by atoms with Crippen LogP contribution in [0.4, 0.5) is 0 Å². The number of allylic oxidation sites excluding steroid dienone is 1. The number of carbonyl (C=O) groups is 1. The molecule has 128 valence electrons. The van der Waals surface area contributed by atoms with Crippen molar-refractivity contribution in [3.05, 3.63) is 12.2 Å². The van der Waals surface area contributed by atoms with E-state index in [1.54, 1.807) is 0 Å². The molecule has 0 radical (unpaired) electrons. The summed E-state index contributed by atoms with van der Waals surface area (Å²) in [4.78, 5) is 17.6. The molecule has 0 spiro atoms. The zero-order valence-electron chi connectivity index (χ0n) is 13.7. The number of primary amides is 1. The molecule has 0 atom stereocenters. The van der Waals surface area contributed by atoms with Gasteiger partial charge in [0.25, 0.3) is 0 Å². The predicted molar refractivity (Wildman–Crippen MR) is 103 cm³/mol. The number of hydrogen-bond acceptors (Lipinski definition) is 3. The highest BCUT2D eigenvalue weighted by Crippen LogP contribution is 2.09. The number of nitrogens with one attached hydrogen (secondary N) is 2. The molecule has 0 aromatic rings. The van der Waals surface area contributed by atoms with Crippen LogP contribution in [0.1, 0.15) is 33.1 Å². The molecular formula is C15H30IN5O. The topological polar surface area (TPSA) is 82.8 Å². The minimum atomic E-state index is -0.250. The Morgan fingerprint density at radius 3 is 2.64 bits per heavy atom. The smallest absolute Gasteiger partial charge is 0.231 e. The minimum Gasteiger partial charge on any atom is -0.369 e. The molecule has 6 nitrogen and oxygen atoms in total. The maximum absolute atomic E-state index is 10.9. The molecule has 4 N–H and O–H groups in total. The Kier molecular flexibility index (Phi) is 12.2. The Bertz CT molecular complexity index is 365. The van der Waals surface area contributed by atoms with E-state index in [-0.39, 0.29) is 29.9 Å². The summed E-state index contributed by atoms with van der Waals surface area (Å²) in [5.41, 5.74) is 5.23. The van der Waals surface area contributed by atoms with Gasteiger partial charge in [0, 0.05) is 32.2 Å². The van der Waals surface area contributed by atoms with Gasteiger partial charge in [-0.05, 0) is 33.1 Å². The molecule has 1 heterocycles. The van der Waals surface area contributed by atoms with E-state index in [9.17, 15) is 4.79 Å². The van der Waals surface area contributed by atoms with E-state index in [2.05, 4.69) is 33.5 Å². The second kappa shape index (κ2) is 12.7. The number of aliphatic imine (C=N–C) groups is 1. The van der Waals surface area contributed by atoms with Crippen LogP contribution in [0.5, 0.6) is 0 Å². The molecule has 0 aromatic heterocycles. The molecule has 1 rings (SSSR count). The summed E-state index contributed by atoms with van der Waals surface area (Å²) in [6, 6.07) is 0.411. The van der Waals surface area contributed by atoms with Crippen molar-refractivity contribution in [2.45, 2.75) is 39.2 Å². The van der Waals surface area contributed by atoms with Crippen molar-refractivity contribution in [3.63, 3.8) is 0 Å². The van der Waals surface area contributed by atoms with Crippen LogP contribution in [0.2, 0.25) is 0 Å². The van der Waals surface area contributed by atoms with Crippen molar-refractivity contribution in [2.24, 2.45) is 10.7 Å². The second-order valence-electron chi connectivity index (χ2n) is 5.28. The molecular weight excluding hydrogens is 393 g/mol. The summed E-state index contributed by atoms with van der Waals surface area (Å²) < 4.78 is 0. The van der Waals surface area contributed by atoms with Crippen molar-refractivity contribution in [1.29, 1.82) is 0 Å². The van der Waals surface area contributed by atoms with Crippen LogP contribution in [-0.2, 0) is 4.79 Å². The molecule has 1 amide bonds. The fourth-order valence-corrected chi connectivity index (χ4v) is 2.39. The first-order valence-electron chi connectivity index (χ1n) is 7.82. The average molecular weight is 423 g/mol. The van der Waals surface area contributed by atoms with Crippen LogP contribution in [0.25, 0.3) is 0 Å². The lowest BCUT2D eigenvalue weighted by molar-refractivity contribution is -0.119. The minimum absolute atomic E-state index is 0. The molecule has 22 heavy (non-hydrogen) atoms. The molecule has 1 saturated heterocycles. The standard InChI is InChI=1S/C15H29N5O.HI/c1-3-5-6-9-18-15(17-4-2)19-13-7-10-20(11-8-13)12-14(16)21;/h3,5,13H,4,6-12H2,1-2H3,(H2,16,21)(H2,17,18,19);1H/b5-3+;. The lowest BCUT2D eigenvalue weighted by Gasteiger charge is -2.32. The van der Waals surface area contributed by atoms with Crippen molar-refractivity contribution in [3.8, 4) is 0 Å². The van der Waals surface area contributed by atoms with Crippen molar-refractivity contribution in [1.82, 2.24) is 15.5 Å². The summed E-state index contributed by atoms with van der Waals surface area (Å²) in [6.45, 7) is 7.91. The lowest BCUT2D eigenvalue weighted by atomic mass is 10.1. The summed E-state index contributed by atoms with van der Waals surface area (Å²) >= 11 is 0. The summed E-state index contributed by atoms with van der Waals surface area (Å²) in [5.74, 6) is 0.635. The maximum atomic E-state index is 10.9. The van der Waals surface area contributed by atoms with Crippen LogP contribution in [0.15, 0.2) is 17.1 Å². The van der Waals surface area contributed by atoms with Gasteiger partial charge in [-0.2, -0.15) is 0 Å². The van der Waals surface area contributed by atoms with Gasteiger partial charge in [-0.15, -0.1) is 24.0 Å². The molecule has 0 aliphatic carbocycles. The van der Waals surface area contributed by atoms with Gasteiger partial charge >= 0.3 is 0 Å². The first kappa shape index (κ1) is 21.2. The number of carbonyl (C=O) groups excluding carboxylic acids is 1. The zero-order chi connectivity index (χ0) is 15.5. The molecule has 0 unspecified atom stereocenters. The van der Waals surface area contributed by atoms with E-state index in [0.29, 0.717) is 12.6 Å². The first-order valence-corrected chi connectivity index (χ1v) is 7.82. The number of hydrogen-bond donors (Lipinski definition) is 3. The van der Waals surface area contributed by atoms with Crippen molar-refractivity contribution in [2.75, 3.05) is 32.7 Å². The van der Waals surface area contributed by atoms with Gasteiger partial charge in [0.1, 0.15) is 0 Å². The van der Waals surface area contributed by atoms with Crippen LogP contribution >= 0.6 is 24.0 Å². The molecule has 1 aliphatic heterocycles. The monoisotopic (exact) mass is 423 g/mol. The van der Waals surface area contributed by atoms with Gasteiger partial charge in [0.15, 0.2) is 5.96 Å². The number of likely N-dealkylation sites (tertiary alicyclic amines) is 1. The zero-order valence-corrected chi connectivity index (χ0v) is 16.0. The van der Waals surface area contributed by atoms with Crippen molar-refractivity contribution < 1.29 is 4.79 Å². The first-order chi connectivity index (χ1) is 10.2. The molecule has 1 aliphatic rings. The lowest BCUT2D eigenvalue weighted by Crippen LogP contribution is -2.49. The van der Waals surface area contributed by atoms with Gasteiger partial charge < -0.3 is 16.4 Å². The van der Waals surface area contributed by atoms with E-state index < -0.39 is 0 Å². The third-order valence-corrected chi connectivity index (χ3v) is 3.45. The Hall–Kier alpha value is -0.830. The molecule has 1 fully saturated rings. The summed E-state index contributed by atoms with van der Waals surface area (Å²) in [6.07, 6.45) is 7.14. The second-order valence-corrected chi connectivity index (χ2v) is 5.28. The van der Waals surface area contributed by atoms with E-state index in [1.165, 1.54) is 0 Å². The highest BCUT2D eigenvalue weighted by Gasteiger charge is 2.20. The third kappa shape index (κ3) is 9.24. The number of nitrogens with two attached hydrogens (primary N) is 1. The highest BCUT2D eigenvalue weighted by atomic mass is 127. The van der Waals surface area contributed by atoms with E-state index in [4.69, 9.17) is 5.73 Å². The number of amides is 1.